The maximum atomic E-state index is 10.4. The highest BCUT2D eigenvalue weighted by Gasteiger charge is 2.23. The van der Waals surface area contributed by atoms with Crippen LogP contribution in [0.1, 0.15) is 90.4 Å². The van der Waals surface area contributed by atoms with Crippen LogP contribution in [0.5, 0.6) is 0 Å². The topological polar surface area (TPSA) is 98.0 Å². The van der Waals surface area contributed by atoms with Crippen LogP contribution >= 0.6 is 0 Å². The van der Waals surface area contributed by atoms with Crippen LogP contribution in [0.2, 0.25) is 0 Å². The number of rotatable bonds is 16. The van der Waals surface area contributed by atoms with Gasteiger partial charge in [-0.1, -0.05) is 64.7 Å². The summed E-state index contributed by atoms with van der Waals surface area (Å²) < 4.78 is 0. The van der Waals surface area contributed by atoms with E-state index in [1.54, 1.807) is 0 Å². The third-order valence-corrected chi connectivity index (χ3v) is 4.28. The quantitative estimate of drug-likeness (QED) is 0.325. The summed E-state index contributed by atoms with van der Waals surface area (Å²) in [6, 6.07) is 0. The van der Waals surface area contributed by atoms with Crippen molar-refractivity contribution in [2.45, 2.75) is 109 Å². The molecular weight excluding hydrogens is 296 g/mol. The van der Waals surface area contributed by atoms with Gasteiger partial charge in [-0.05, 0) is 19.3 Å². The van der Waals surface area contributed by atoms with Gasteiger partial charge in [-0.2, -0.15) is 0 Å². The number of carbonyl (C=O) groups is 1. The molecule has 0 spiro atoms. The summed E-state index contributed by atoms with van der Waals surface area (Å²) in [5, 5.41) is 38.2. The van der Waals surface area contributed by atoms with E-state index in [4.69, 9.17) is 5.11 Å². The van der Waals surface area contributed by atoms with E-state index in [0.29, 0.717) is 12.8 Å². The molecule has 0 fully saturated rings. The van der Waals surface area contributed by atoms with Crippen LogP contribution in [-0.4, -0.2) is 44.7 Å². The monoisotopic (exact) mass is 332 g/mol. The van der Waals surface area contributed by atoms with E-state index in [-0.39, 0.29) is 6.42 Å². The summed E-state index contributed by atoms with van der Waals surface area (Å²) in [5.74, 6) is -0.740. The number of unbranched alkanes of at least 4 members (excludes halogenated alkanes) is 8. The lowest BCUT2D eigenvalue weighted by Gasteiger charge is -2.23. The molecule has 5 nitrogen and oxygen atoms in total. The molecule has 0 bridgehead atoms. The minimum Gasteiger partial charge on any atom is -0.481 e. The molecule has 0 rings (SSSR count). The number of hydrogen-bond donors (Lipinski definition) is 4. The lowest BCUT2D eigenvalue weighted by Crippen LogP contribution is -2.37. The van der Waals surface area contributed by atoms with Gasteiger partial charge < -0.3 is 20.4 Å². The minimum atomic E-state index is -1.05. The Balaban J connectivity index is 3.56. The molecule has 0 saturated carbocycles. The zero-order valence-electron chi connectivity index (χ0n) is 14.6. The number of aliphatic hydroxyl groups excluding tert-OH is 3. The fraction of sp³-hybridized carbons (Fsp3) is 0.944. The molecule has 0 aromatic rings. The van der Waals surface area contributed by atoms with Crippen LogP contribution < -0.4 is 0 Å². The first-order chi connectivity index (χ1) is 11.0. The summed E-state index contributed by atoms with van der Waals surface area (Å²) in [5.41, 5.74) is 0. The zero-order valence-corrected chi connectivity index (χ0v) is 14.6. The molecule has 0 aliphatic rings. The fourth-order valence-electron chi connectivity index (χ4n) is 2.72. The normalized spacial score (nSPS) is 15.3. The number of carboxylic acid groups (broad SMARTS) is 1. The van der Waals surface area contributed by atoms with Gasteiger partial charge in [0.25, 0.3) is 0 Å². The number of carboxylic acids is 1. The Morgan fingerprint density at radius 3 is 1.65 bits per heavy atom. The highest BCUT2D eigenvalue weighted by molar-refractivity contribution is 5.66. The summed E-state index contributed by atoms with van der Waals surface area (Å²) in [6.07, 6.45) is 8.20. The molecule has 3 unspecified atom stereocenters. The van der Waals surface area contributed by atoms with E-state index < -0.39 is 24.3 Å². The van der Waals surface area contributed by atoms with Gasteiger partial charge in [0.05, 0.1) is 12.2 Å². The van der Waals surface area contributed by atoms with Crippen molar-refractivity contribution in [3.8, 4) is 0 Å². The molecule has 0 radical (unpaired) electrons. The van der Waals surface area contributed by atoms with Crippen LogP contribution in [0.3, 0.4) is 0 Å². The van der Waals surface area contributed by atoms with E-state index in [1.807, 2.05) is 0 Å². The number of hydrogen-bond acceptors (Lipinski definition) is 4. The molecule has 5 heteroatoms. The third kappa shape index (κ3) is 13.5. The Morgan fingerprint density at radius 1 is 0.739 bits per heavy atom. The molecule has 0 amide bonds. The smallest absolute Gasteiger partial charge is 0.303 e. The molecule has 0 saturated heterocycles. The van der Waals surface area contributed by atoms with E-state index in [0.717, 1.165) is 64.2 Å². The van der Waals surface area contributed by atoms with Gasteiger partial charge in [0.2, 0.25) is 0 Å². The Morgan fingerprint density at radius 2 is 1.17 bits per heavy atom. The second-order valence-corrected chi connectivity index (χ2v) is 6.53. The van der Waals surface area contributed by atoms with Crippen molar-refractivity contribution in [2.24, 2.45) is 0 Å². The second-order valence-electron chi connectivity index (χ2n) is 6.53. The van der Waals surface area contributed by atoms with Gasteiger partial charge in [0, 0.05) is 6.42 Å². The molecule has 3 atom stereocenters. The van der Waals surface area contributed by atoms with Gasteiger partial charge >= 0.3 is 5.97 Å². The Hall–Kier alpha value is -0.650. The zero-order chi connectivity index (χ0) is 17.5. The van der Waals surface area contributed by atoms with Crippen molar-refractivity contribution in [1.29, 1.82) is 0 Å². The first-order valence-corrected chi connectivity index (χ1v) is 9.25. The van der Waals surface area contributed by atoms with Gasteiger partial charge in [-0.15, -0.1) is 0 Å². The maximum absolute atomic E-state index is 10.4. The minimum absolute atomic E-state index is 0.237. The van der Waals surface area contributed by atoms with Crippen LogP contribution in [0.25, 0.3) is 0 Å². The molecule has 0 heterocycles. The van der Waals surface area contributed by atoms with Crippen LogP contribution in [0.15, 0.2) is 0 Å². The molecular formula is C18H36O5. The predicted molar refractivity (Wildman–Crippen MR) is 91.4 cm³/mol. The van der Waals surface area contributed by atoms with Gasteiger partial charge in [-0.3, -0.25) is 4.79 Å². The first kappa shape index (κ1) is 22.4. The lowest BCUT2D eigenvalue weighted by molar-refractivity contribution is -0.137. The maximum Gasteiger partial charge on any atom is 0.303 e. The first-order valence-electron chi connectivity index (χ1n) is 9.25. The van der Waals surface area contributed by atoms with E-state index in [9.17, 15) is 20.1 Å². The largest absolute Gasteiger partial charge is 0.481 e. The van der Waals surface area contributed by atoms with Crippen molar-refractivity contribution < 1.29 is 25.2 Å². The van der Waals surface area contributed by atoms with Crippen LogP contribution in [-0.2, 0) is 4.79 Å². The number of aliphatic hydroxyl groups is 3. The molecule has 0 aliphatic carbocycles. The van der Waals surface area contributed by atoms with E-state index in [2.05, 4.69) is 6.92 Å². The summed E-state index contributed by atoms with van der Waals surface area (Å²) >= 11 is 0. The van der Waals surface area contributed by atoms with Crippen LogP contribution in [0, 0.1) is 0 Å². The molecule has 4 N–H and O–H groups in total. The van der Waals surface area contributed by atoms with E-state index >= 15 is 0 Å². The third-order valence-electron chi connectivity index (χ3n) is 4.28. The predicted octanol–water partition coefficient (Wildman–Crippen LogP) is 3.24. The van der Waals surface area contributed by atoms with Crippen molar-refractivity contribution >= 4 is 5.97 Å². The SMILES string of the molecule is CCCCCCC(O)C(O)C(O)CCCCCCCCC(=O)O. The Bertz CT molecular complexity index is 283. The molecule has 0 aliphatic heterocycles. The standard InChI is InChI=1S/C18H36O5/c1-2-3-4-9-12-15(19)18(23)16(20)13-10-7-5-6-8-11-14-17(21)22/h15-16,18-20,23H,2-14H2,1H3,(H,21,22). The summed E-state index contributed by atoms with van der Waals surface area (Å²) in [4.78, 5) is 10.4. The highest BCUT2D eigenvalue weighted by Crippen LogP contribution is 2.15. The van der Waals surface area contributed by atoms with Crippen LogP contribution in [0.4, 0.5) is 0 Å². The van der Waals surface area contributed by atoms with Crippen molar-refractivity contribution in [3.63, 3.8) is 0 Å². The Kier molecular flexibility index (Phi) is 14.5. The molecule has 23 heavy (non-hydrogen) atoms. The molecule has 138 valence electrons. The fourth-order valence-corrected chi connectivity index (χ4v) is 2.72. The van der Waals surface area contributed by atoms with E-state index in [1.165, 1.54) is 0 Å². The van der Waals surface area contributed by atoms with Gasteiger partial charge in [-0.25, -0.2) is 0 Å². The van der Waals surface area contributed by atoms with Gasteiger partial charge in [0.1, 0.15) is 6.10 Å². The van der Waals surface area contributed by atoms with Crippen molar-refractivity contribution in [3.05, 3.63) is 0 Å². The van der Waals surface area contributed by atoms with Gasteiger partial charge in [0.15, 0.2) is 0 Å². The van der Waals surface area contributed by atoms with Crippen molar-refractivity contribution in [1.82, 2.24) is 0 Å². The lowest BCUT2D eigenvalue weighted by atomic mass is 9.97. The molecule has 0 aromatic heterocycles. The summed E-state index contributed by atoms with van der Waals surface area (Å²) in [6.45, 7) is 2.13. The highest BCUT2D eigenvalue weighted by atomic mass is 16.4. The Labute approximate surface area is 140 Å². The van der Waals surface area contributed by atoms with Crippen molar-refractivity contribution in [2.75, 3.05) is 0 Å². The number of aliphatic carboxylic acids is 1. The summed E-state index contributed by atoms with van der Waals surface area (Å²) in [7, 11) is 0. The second kappa shape index (κ2) is 14.9. The molecule has 0 aromatic carbocycles. The average molecular weight is 332 g/mol. The average Bonchev–Trinajstić information content (AvgIpc) is 2.52.